The number of hydrogen-bond acceptors (Lipinski definition) is 4. The van der Waals surface area contributed by atoms with E-state index in [-0.39, 0.29) is 16.6 Å². The first-order chi connectivity index (χ1) is 13.3. The lowest BCUT2D eigenvalue weighted by Gasteiger charge is -2.19. The second kappa shape index (κ2) is 8.19. The number of rotatable bonds is 5. The van der Waals surface area contributed by atoms with E-state index in [4.69, 9.17) is 0 Å². The fourth-order valence-corrected chi connectivity index (χ4v) is 3.58. The Kier molecular flexibility index (Phi) is 5.89. The number of carbonyl (C=O) groups is 1. The van der Waals surface area contributed by atoms with Gasteiger partial charge in [-0.25, -0.2) is 0 Å². The van der Waals surface area contributed by atoms with Gasteiger partial charge in [0.2, 0.25) is 5.91 Å². The maximum atomic E-state index is 12.4. The van der Waals surface area contributed by atoms with E-state index in [1.807, 2.05) is 48.9 Å². The number of nitrogens with zero attached hydrogens (tertiary/aromatic N) is 3. The number of aromatic nitrogens is 3. The van der Waals surface area contributed by atoms with Crippen molar-refractivity contribution in [2.75, 3.05) is 5.32 Å². The molecule has 0 saturated carbocycles. The molecule has 146 valence electrons. The highest BCUT2D eigenvalue weighted by molar-refractivity contribution is 8.00. The number of benzene rings is 2. The third kappa shape index (κ3) is 4.62. The summed E-state index contributed by atoms with van der Waals surface area (Å²) < 4.78 is 1.93. The van der Waals surface area contributed by atoms with Crippen LogP contribution in [0.15, 0.2) is 59.8 Å². The molecular weight excluding hydrogens is 368 g/mol. The highest BCUT2D eigenvalue weighted by atomic mass is 32.2. The molecule has 0 saturated heterocycles. The number of hydrogen-bond donors (Lipinski definition) is 1. The molecule has 2 aromatic carbocycles. The van der Waals surface area contributed by atoms with Gasteiger partial charge in [0, 0.05) is 18.3 Å². The number of para-hydroxylation sites is 1. The molecule has 0 aliphatic rings. The second-order valence-corrected chi connectivity index (χ2v) is 9.12. The lowest BCUT2D eigenvalue weighted by Crippen LogP contribution is -2.22. The van der Waals surface area contributed by atoms with Crippen molar-refractivity contribution < 1.29 is 4.79 Å². The van der Waals surface area contributed by atoms with E-state index in [0.29, 0.717) is 5.16 Å². The molecule has 0 unspecified atom stereocenters. The molecule has 3 rings (SSSR count). The Hall–Kier alpha value is -2.60. The Bertz CT molecular complexity index is 943. The van der Waals surface area contributed by atoms with Crippen LogP contribution in [-0.2, 0) is 17.3 Å². The molecule has 1 atom stereocenters. The predicted octanol–water partition coefficient (Wildman–Crippen LogP) is 4.90. The summed E-state index contributed by atoms with van der Waals surface area (Å²) in [5.74, 6) is 0.730. The van der Waals surface area contributed by atoms with Crippen LogP contribution in [0.1, 0.15) is 33.3 Å². The lowest BCUT2D eigenvalue weighted by molar-refractivity contribution is -0.115. The van der Waals surface area contributed by atoms with Crippen LogP contribution in [-0.4, -0.2) is 25.9 Å². The first-order valence-corrected chi connectivity index (χ1v) is 10.2. The van der Waals surface area contributed by atoms with Crippen LogP contribution in [0.3, 0.4) is 0 Å². The first kappa shape index (κ1) is 20.1. The average Bonchev–Trinajstić information content (AvgIpc) is 3.02. The molecule has 0 spiro atoms. The van der Waals surface area contributed by atoms with Gasteiger partial charge >= 0.3 is 0 Å². The van der Waals surface area contributed by atoms with Gasteiger partial charge < -0.3 is 9.88 Å². The molecule has 0 bridgehead atoms. The molecule has 6 heteroatoms. The molecule has 1 amide bonds. The van der Waals surface area contributed by atoms with E-state index in [1.54, 1.807) is 0 Å². The van der Waals surface area contributed by atoms with Crippen LogP contribution in [0.25, 0.3) is 11.4 Å². The summed E-state index contributed by atoms with van der Waals surface area (Å²) in [7, 11) is 1.93. The largest absolute Gasteiger partial charge is 0.325 e. The minimum absolute atomic E-state index is 0.0599. The smallest absolute Gasteiger partial charge is 0.237 e. The van der Waals surface area contributed by atoms with E-state index < -0.39 is 0 Å². The Labute approximate surface area is 170 Å². The molecule has 3 aromatic rings. The van der Waals surface area contributed by atoms with E-state index in [9.17, 15) is 4.79 Å². The SMILES string of the molecule is C[C@@H](Sc1nnc(-c2ccc(C(C)(C)C)cc2)n1C)C(=O)Nc1ccccc1. The maximum absolute atomic E-state index is 12.4. The van der Waals surface area contributed by atoms with Gasteiger partial charge in [0.1, 0.15) is 0 Å². The summed E-state index contributed by atoms with van der Waals surface area (Å²) in [4.78, 5) is 12.4. The van der Waals surface area contributed by atoms with Gasteiger partial charge in [-0.3, -0.25) is 4.79 Å². The number of anilines is 1. The number of amides is 1. The summed E-state index contributed by atoms with van der Waals surface area (Å²) in [6, 6.07) is 17.9. The zero-order valence-corrected chi connectivity index (χ0v) is 17.7. The third-order valence-electron chi connectivity index (χ3n) is 4.54. The fourth-order valence-electron chi connectivity index (χ4n) is 2.77. The van der Waals surface area contributed by atoms with Gasteiger partial charge in [-0.2, -0.15) is 0 Å². The van der Waals surface area contributed by atoms with Crippen molar-refractivity contribution in [1.29, 1.82) is 0 Å². The molecule has 1 aromatic heterocycles. The topological polar surface area (TPSA) is 59.8 Å². The summed E-state index contributed by atoms with van der Waals surface area (Å²) in [5, 5.41) is 12.0. The van der Waals surface area contributed by atoms with Crippen LogP contribution in [0.2, 0.25) is 0 Å². The van der Waals surface area contributed by atoms with E-state index >= 15 is 0 Å². The first-order valence-electron chi connectivity index (χ1n) is 9.28. The average molecular weight is 395 g/mol. The minimum Gasteiger partial charge on any atom is -0.325 e. The second-order valence-electron chi connectivity index (χ2n) is 7.81. The predicted molar refractivity (Wildman–Crippen MR) is 116 cm³/mol. The summed E-state index contributed by atoms with van der Waals surface area (Å²) >= 11 is 1.40. The van der Waals surface area contributed by atoms with E-state index in [2.05, 4.69) is 60.6 Å². The molecule has 0 aliphatic carbocycles. The zero-order valence-electron chi connectivity index (χ0n) is 16.9. The van der Waals surface area contributed by atoms with Gasteiger partial charge in [-0.15, -0.1) is 10.2 Å². The molecule has 0 fully saturated rings. The molecule has 1 N–H and O–H groups in total. The van der Waals surface area contributed by atoms with Crippen LogP contribution in [0.4, 0.5) is 5.69 Å². The Balaban J connectivity index is 1.71. The minimum atomic E-state index is -0.292. The van der Waals surface area contributed by atoms with Gasteiger partial charge in [-0.05, 0) is 30.0 Å². The van der Waals surface area contributed by atoms with E-state index in [1.165, 1.54) is 17.3 Å². The third-order valence-corrected chi connectivity index (χ3v) is 5.67. The van der Waals surface area contributed by atoms with Crippen LogP contribution in [0.5, 0.6) is 0 Å². The number of carbonyl (C=O) groups excluding carboxylic acids is 1. The van der Waals surface area contributed by atoms with Crippen molar-refractivity contribution in [3.8, 4) is 11.4 Å². The van der Waals surface area contributed by atoms with Crippen molar-refractivity contribution in [3.63, 3.8) is 0 Å². The molecule has 0 radical (unpaired) electrons. The molecule has 0 aliphatic heterocycles. The molecule has 1 heterocycles. The normalized spacial score (nSPS) is 12.6. The van der Waals surface area contributed by atoms with Crippen molar-refractivity contribution in [3.05, 3.63) is 60.2 Å². The van der Waals surface area contributed by atoms with Gasteiger partial charge in [0.05, 0.1) is 5.25 Å². The Morgan fingerprint density at radius 3 is 2.29 bits per heavy atom. The van der Waals surface area contributed by atoms with Gasteiger partial charge in [-0.1, -0.05) is 75.0 Å². The van der Waals surface area contributed by atoms with Crippen molar-refractivity contribution in [2.24, 2.45) is 7.05 Å². The molecule has 28 heavy (non-hydrogen) atoms. The Morgan fingerprint density at radius 2 is 1.68 bits per heavy atom. The van der Waals surface area contributed by atoms with Gasteiger partial charge in [0.15, 0.2) is 11.0 Å². The lowest BCUT2D eigenvalue weighted by atomic mass is 9.87. The molecular formula is C22H26N4OS. The monoisotopic (exact) mass is 394 g/mol. The summed E-state index contributed by atoms with van der Waals surface area (Å²) in [5.41, 5.74) is 3.19. The van der Waals surface area contributed by atoms with Crippen LogP contribution in [0, 0.1) is 0 Å². The number of nitrogens with one attached hydrogen (secondary N) is 1. The number of thioether (sulfide) groups is 1. The highest BCUT2D eigenvalue weighted by Gasteiger charge is 2.20. The van der Waals surface area contributed by atoms with Crippen LogP contribution < -0.4 is 5.32 Å². The van der Waals surface area contributed by atoms with E-state index in [0.717, 1.165) is 17.1 Å². The van der Waals surface area contributed by atoms with Crippen molar-refractivity contribution in [1.82, 2.24) is 14.8 Å². The fraction of sp³-hybridized carbons (Fsp3) is 0.318. The van der Waals surface area contributed by atoms with Crippen LogP contribution >= 0.6 is 11.8 Å². The van der Waals surface area contributed by atoms with Gasteiger partial charge in [0.25, 0.3) is 0 Å². The zero-order chi connectivity index (χ0) is 20.3. The highest BCUT2D eigenvalue weighted by Crippen LogP contribution is 2.28. The van der Waals surface area contributed by atoms with Crippen molar-refractivity contribution in [2.45, 2.75) is 43.5 Å². The summed E-state index contributed by atoms with van der Waals surface area (Å²) in [6.07, 6.45) is 0. The Morgan fingerprint density at radius 1 is 1.04 bits per heavy atom. The quantitative estimate of drug-likeness (QED) is 0.625. The molecule has 5 nitrogen and oxygen atoms in total. The van der Waals surface area contributed by atoms with Crippen molar-refractivity contribution >= 4 is 23.4 Å². The maximum Gasteiger partial charge on any atom is 0.237 e. The standard InChI is InChI=1S/C22H26N4OS/c1-15(20(27)23-18-9-7-6-8-10-18)28-21-25-24-19(26(21)5)16-11-13-17(14-12-16)22(2,3)4/h6-15H,1-5H3,(H,23,27)/t15-/m1/s1. The summed E-state index contributed by atoms with van der Waals surface area (Å²) in [6.45, 7) is 8.46.